The maximum absolute atomic E-state index is 10.6. The van der Waals surface area contributed by atoms with Gasteiger partial charge in [0.25, 0.3) is 0 Å². The molecule has 0 aliphatic rings. The van der Waals surface area contributed by atoms with E-state index < -0.39 is 12.0 Å². The first-order valence-corrected chi connectivity index (χ1v) is 3.21. The first kappa shape index (κ1) is 9.90. The molecule has 64 valence electrons. The van der Waals surface area contributed by atoms with Crippen LogP contribution in [0.3, 0.4) is 0 Å². The van der Waals surface area contributed by atoms with Crippen LogP contribution in [0, 0.1) is 0 Å². The van der Waals surface area contributed by atoms with E-state index in [0.29, 0.717) is 0 Å². The Kier molecular flexibility index (Phi) is 3.53. The van der Waals surface area contributed by atoms with Gasteiger partial charge < -0.3 is 5.11 Å². The van der Waals surface area contributed by atoms with Crippen molar-refractivity contribution in [2.75, 3.05) is 0 Å². The molecule has 0 rings (SSSR count). The zero-order valence-corrected chi connectivity index (χ0v) is 6.57. The number of carboxylic acids is 1. The summed E-state index contributed by atoms with van der Waals surface area (Å²) < 4.78 is 0. The normalized spacial score (nSPS) is 12.3. The highest BCUT2D eigenvalue weighted by Crippen LogP contribution is 1.98. The van der Waals surface area contributed by atoms with Gasteiger partial charge in [-0.05, 0) is 6.92 Å². The van der Waals surface area contributed by atoms with Crippen LogP contribution in [-0.4, -0.2) is 28.0 Å². The number of hydrazine groups is 1. The van der Waals surface area contributed by atoms with Crippen LogP contribution < -0.4 is 5.84 Å². The molecule has 0 aromatic heterocycles. The van der Waals surface area contributed by atoms with E-state index in [9.17, 15) is 9.59 Å². The molecule has 0 fully saturated rings. The molecule has 5 nitrogen and oxygen atoms in total. The van der Waals surface area contributed by atoms with Gasteiger partial charge in [0, 0.05) is 6.92 Å². The van der Waals surface area contributed by atoms with Gasteiger partial charge >= 0.3 is 5.97 Å². The van der Waals surface area contributed by atoms with Crippen molar-refractivity contribution in [3.63, 3.8) is 0 Å². The number of amides is 1. The average molecular weight is 160 g/mol. The van der Waals surface area contributed by atoms with Crippen molar-refractivity contribution in [3.05, 3.63) is 0 Å². The Morgan fingerprint density at radius 1 is 1.64 bits per heavy atom. The van der Waals surface area contributed by atoms with Gasteiger partial charge in [-0.1, -0.05) is 0 Å². The van der Waals surface area contributed by atoms with Gasteiger partial charge in [0.05, 0.1) is 12.5 Å². The summed E-state index contributed by atoms with van der Waals surface area (Å²) in [6, 6.07) is -0.454. The maximum atomic E-state index is 10.6. The molecule has 1 amide bonds. The van der Waals surface area contributed by atoms with Crippen LogP contribution in [-0.2, 0) is 9.59 Å². The highest BCUT2D eigenvalue weighted by atomic mass is 16.4. The lowest BCUT2D eigenvalue weighted by Crippen LogP contribution is -2.43. The number of aliphatic carboxylic acids is 1. The molecular weight excluding hydrogens is 148 g/mol. The van der Waals surface area contributed by atoms with Crippen LogP contribution in [0.5, 0.6) is 0 Å². The SMILES string of the molecule is CC(=O)N(N)C(C)CC(=O)O. The van der Waals surface area contributed by atoms with Crippen LogP contribution >= 0.6 is 0 Å². The minimum Gasteiger partial charge on any atom is -0.481 e. The Labute approximate surface area is 64.8 Å². The van der Waals surface area contributed by atoms with E-state index >= 15 is 0 Å². The highest BCUT2D eigenvalue weighted by molar-refractivity contribution is 5.74. The molecule has 11 heavy (non-hydrogen) atoms. The van der Waals surface area contributed by atoms with Crippen molar-refractivity contribution in [3.8, 4) is 0 Å². The van der Waals surface area contributed by atoms with Gasteiger partial charge in [0.2, 0.25) is 5.91 Å². The fourth-order valence-corrected chi connectivity index (χ4v) is 0.661. The summed E-state index contributed by atoms with van der Waals surface area (Å²) in [4.78, 5) is 20.7. The van der Waals surface area contributed by atoms with Crippen molar-refractivity contribution < 1.29 is 14.7 Å². The molecule has 1 unspecified atom stereocenters. The van der Waals surface area contributed by atoms with Crippen LogP contribution in [0.4, 0.5) is 0 Å². The lowest BCUT2D eigenvalue weighted by Gasteiger charge is -2.20. The maximum Gasteiger partial charge on any atom is 0.305 e. The number of nitrogens with zero attached hydrogens (tertiary/aromatic N) is 1. The van der Waals surface area contributed by atoms with Gasteiger partial charge in [-0.15, -0.1) is 0 Å². The largest absolute Gasteiger partial charge is 0.481 e. The van der Waals surface area contributed by atoms with Crippen molar-refractivity contribution in [2.24, 2.45) is 5.84 Å². The van der Waals surface area contributed by atoms with E-state index in [0.717, 1.165) is 5.01 Å². The van der Waals surface area contributed by atoms with Gasteiger partial charge in [-0.25, -0.2) is 5.84 Å². The van der Waals surface area contributed by atoms with Gasteiger partial charge in [-0.2, -0.15) is 0 Å². The summed E-state index contributed by atoms with van der Waals surface area (Å²) in [5.74, 6) is 3.93. The number of carbonyl (C=O) groups excluding carboxylic acids is 1. The molecule has 3 N–H and O–H groups in total. The number of hydrogen-bond donors (Lipinski definition) is 2. The topological polar surface area (TPSA) is 83.6 Å². The molecule has 0 aromatic rings. The van der Waals surface area contributed by atoms with Gasteiger partial charge in [-0.3, -0.25) is 14.6 Å². The molecule has 0 spiro atoms. The van der Waals surface area contributed by atoms with E-state index in [2.05, 4.69) is 0 Å². The zero-order chi connectivity index (χ0) is 9.02. The molecule has 0 aliphatic carbocycles. The summed E-state index contributed by atoms with van der Waals surface area (Å²) in [5, 5.41) is 9.23. The van der Waals surface area contributed by atoms with Crippen molar-refractivity contribution in [2.45, 2.75) is 26.3 Å². The van der Waals surface area contributed by atoms with E-state index in [1.54, 1.807) is 6.92 Å². The lowest BCUT2D eigenvalue weighted by atomic mass is 10.2. The fraction of sp³-hybridized carbons (Fsp3) is 0.667. The fourth-order valence-electron chi connectivity index (χ4n) is 0.661. The molecule has 0 radical (unpaired) electrons. The molecule has 5 heteroatoms. The predicted octanol–water partition coefficient (Wildman–Crippen LogP) is -0.428. The molecule has 0 aromatic carbocycles. The summed E-state index contributed by atoms with van der Waals surface area (Å²) in [6.07, 6.45) is -0.129. The monoisotopic (exact) mass is 160 g/mol. The first-order chi connectivity index (χ1) is 4.95. The third kappa shape index (κ3) is 3.57. The summed E-state index contributed by atoms with van der Waals surface area (Å²) in [7, 11) is 0. The molecule has 0 saturated heterocycles. The average Bonchev–Trinajstić information content (AvgIpc) is 1.84. The second kappa shape index (κ2) is 3.92. The van der Waals surface area contributed by atoms with Crippen LogP contribution in [0.25, 0.3) is 0 Å². The minimum atomic E-state index is -0.964. The van der Waals surface area contributed by atoms with E-state index in [1.165, 1.54) is 6.92 Å². The number of hydrogen-bond acceptors (Lipinski definition) is 3. The predicted molar refractivity (Wildman–Crippen MR) is 38.4 cm³/mol. The molecule has 1 atom stereocenters. The van der Waals surface area contributed by atoms with Crippen LogP contribution in [0.15, 0.2) is 0 Å². The summed E-state index contributed by atoms with van der Waals surface area (Å²) >= 11 is 0. The van der Waals surface area contributed by atoms with E-state index in [4.69, 9.17) is 10.9 Å². The standard InChI is InChI=1S/C6H12N2O3/c1-4(3-6(10)11)8(7)5(2)9/h4H,3,7H2,1-2H3,(H,10,11). The van der Waals surface area contributed by atoms with Crippen molar-refractivity contribution in [1.29, 1.82) is 0 Å². The van der Waals surface area contributed by atoms with E-state index in [-0.39, 0.29) is 12.3 Å². The first-order valence-electron chi connectivity index (χ1n) is 3.21. The minimum absolute atomic E-state index is 0.129. The molecule has 0 saturated carbocycles. The molecule has 0 aliphatic heterocycles. The van der Waals surface area contributed by atoms with Crippen LogP contribution in [0.1, 0.15) is 20.3 Å². The Balaban J connectivity index is 3.92. The third-order valence-electron chi connectivity index (χ3n) is 1.31. The second-order valence-electron chi connectivity index (χ2n) is 2.37. The summed E-state index contributed by atoms with van der Waals surface area (Å²) in [5.41, 5.74) is 0. The third-order valence-corrected chi connectivity index (χ3v) is 1.31. The molecule has 0 bridgehead atoms. The number of nitrogens with two attached hydrogens (primary N) is 1. The van der Waals surface area contributed by atoms with Crippen molar-refractivity contribution in [1.82, 2.24) is 5.01 Å². The van der Waals surface area contributed by atoms with Gasteiger partial charge in [0.1, 0.15) is 0 Å². The van der Waals surface area contributed by atoms with Gasteiger partial charge in [0.15, 0.2) is 0 Å². The molecular formula is C6H12N2O3. The Morgan fingerprint density at radius 2 is 2.09 bits per heavy atom. The lowest BCUT2D eigenvalue weighted by molar-refractivity contribution is -0.140. The van der Waals surface area contributed by atoms with E-state index in [1.807, 2.05) is 0 Å². The Morgan fingerprint density at radius 3 is 2.36 bits per heavy atom. The van der Waals surface area contributed by atoms with Crippen molar-refractivity contribution >= 4 is 11.9 Å². The zero-order valence-electron chi connectivity index (χ0n) is 6.57. The number of rotatable bonds is 3. The Bertz CT molecular complexity index is 169. The second-order valence-corrected chi connectivity index (χ2v) is 2.37. The smallest absolute Gasteiger partial charge is 0.305 e. The highest BCUT2D eigenvalue weighted by Gasteiger charge is 2.15. The van der Waals surface area contributed by atoms with Crippen LogP contribution in [0.2, 0.25) is 0 Å². The quantitative estimate of drug-likeness (QED) is 0.333. The Hall–Kier alpha value is -1.10. The summed E-state index contributed by atoms with van der Waals surface area (Å²) in [6.45, 7) is 2.87. The number of carbonyl (C=O) groups is 2. The molecule has 0 heterocycles. The number of carboxylic acid groups (broad SMARTS) is 1.